The molecule has 0 aliphatic heterocycles. The molecule has 1 amide bonds. The van der Waals surface area contributed by atoms with Crippen LogP contribution in [0.2, 0.25) is 10.0 Å². The predicted octanol–water partition coefficient (Wildman–Crippen LogP) is 2.94. The van der Waals surface area contributed by atoms with Crippen LogP contribution in [0.1, 0.15) is 18.9 Å². The fourth-order valence-corrected chi connectivity index (χ4v) is 1.91. The number of benzene rings is 1. The normalized spacial score (nSPS) is 12.7. The Labute approximate surface area is 118 Å². The molecule has 1 aromatic rings. The van der Waals surface area contributed by atoms with Gasteiger partial charge in [-0.05, 0) is 37.7 Å². The van der Waals surface area contributed by atoms with Gasteiger partial charge in [0.05, 0.1) is 10.0 Å². The minimum absolute atomic E-state index is 0.0961. The number of carbonyl (C=O) groups is 1. The van der Waals surface area contributed by atoms with Gasteiger partial charge < -0.3 is 10.6 Å². The van der Waals surface area contributed by atoms with E-state index in [-0.39, 0.29) is 11.8 Å². The first-order valence-corrected chi connectivity index (χ1v) is 6.57. The van der Waals surface area contributed by atoms with E-state index < -0.39 is 0 Å². The molecule has 100 valence electrons. The van der Waals surface area contributed by atoms with Crippen LogP contribution in [0.3, 0.4) is 0 Å². The zero-order chi connectivity index (χ0) is 13.7. The molecule has 0 saturated heterocycles. The third-order valence-corrected chi connectivity index (χ3v) is 3.61. The molecular weight excluding hydrogens is 271 g/mol. The largest absolute Gasteiger partial charge is 0.369 e. The van der Waals surface area contributed by atoms with Crippen LogP contribution in [-0.2, 0) is 11.3 Å². The van der Waals surface area contributed by atoms with E-state index in [0.717, 1.165) is 25.1 Å². The van der Waals surface area contributed by atoms with Gasteiger partial charge in [0, 0.05) is 12.5 Å². The highest BCUT2D eigenvalue weighted by Gasteiger charge is 2.10. The molecule has 1 rings (SSSR count). The average Bonchev–Trinajstić information content (AvgIpc) is 2.30. The summed E-state index contributed by atoms with van der Waals surface area (Å²) in [5.74, 6) is -0.348. The molecule has 0 bridgehead atoms. The number of rotatable bonds is 6. The molecule has 0 aromatic heterocycles. The maximum atomic E-state index is 10.9. The summed E-state index contributed by atoms with van der Waals surface area (Å²) in [6.45, 7) is 3.42. The van der Waals surface area contributed by atoms with Crippen LogP contribution in [0.5, 0.6) is 0 Å². The van der Waals surface area contributed by atoms with Crippen LogP contribution in [0, 0.1) is 5.92 Å². The predicted molar refractivity (Wildman–Crippen MR) is 75.8 cm³/mol. The third kappa shape index (κ3) is 4.84. The fourth-order valence-electron chi connectivity index (χ4n) is 1.59. The van der Waals surface area contributed by atoms with Crippen molar-refractivity contribution in [3.8, 4) is 0 Å². The monoisotopic (exact) mass is 288 g/mol. The van der Waals surface area contributed by atoms with E-state index in [1.54, 1.807) is 6.07 Å². The van der Waals surface area contributed by atoms with Gasteiger partial charge in [-0.25, -0.2) is 0 Å². The Balaban J connectivity index is 2.46. The van der Waals surface area contributed by atoms with Gasteiger partial charge in [-0.2, -0.15) is 0 Å². The van der Waals surface area contributed by atoms with Gasteiger partial charge in [-0.1, -0.05) is 36.2 Å². The Hall–Kier alpha value is -0.770. The lowest BCUT2D eigenvalue weighted by molar-refractivity contribution is -0.121. The van der Waals surface area contributed by atoms with Crippen molar-refractivity contribution in [1.82, 2.24) is 4.90 Å². The SMILES string of the molecule is CC(CCN(C)Cc1ccc(Cl)c(Cl)c1)C(N)=O. The average molecular weight is 289 g/mol. The summed E-state index contributed by atoms with van der Waals surface area (Å²) in [4.78, 5) is 13.0. The van der Waals surface area contributed by atoms with Crippen molar-refractivity contribution in [2.75, 3.05) is 13.6 Å². The van der Waals surface area contributed by atoms with Gasteiger partial charge >= 0.3 is 0 Å². The Kier molecular flexibility index (Phi) is 5.93. The minimum Gasteiger partial charge on any atom is -0.369 e. The Morgan fingerprint density at radius 3 is 2.61 bits per heavy atom. The first kappa shape index (κ1) is 15.3. The summed E-state index contributed by atoms with van der Waals surface area (Å²) in [6.07, 6.45) is 0.757. The first-order valence-electron chi connectivity index (χ1n) is 5.82. The van der Waals surface area contributed by atoms with E-state index in [0.29, 0.717) is 10.0 Å². The zero-order valence-corrected chi connectivity index (χ0v) is 12.1. The minimum atomic E-state index is -0.252. The molecule has 5 heteroatoms. The second-order valence-corrected chi connectivity index (χ2v) is 5.39. The Morgan fingerprint density at radius 1 is 1.39 bits per heavy atom. The Morgan fingerprint density at radius 2 is 2.06 bits per heavy atom. The standard InChI is InChI=1S/C13H18Cl2N2O/c1-9(13(16)18)5-6-17(2)8-10-3-4-11(14)12(15)7-10/h3-4,7,9H,5-6,8H2,1-2H3,(H2,16,18). The number of halogens is 2. The van der Waals surface area contributed by atoms with Gasteiger partial charge in [-0.15, -0.1) is 0 Å². The van der Waals surface area contributed by atoms with Crippen molar-refractivity contribution in [2.45, 2.75) is 19.9 Å². The molecule has 0 saturated carbocycles. The zero-order valence-electron chi connectivity index (χ0n) is 10.6. The second kappa shape index (κ2) is 6.98. The lowest BCUT2D eigenvalue weighted by Gasteiger charge is -2.18. The van der Waals surface area contributed by atoms with E-state index in [1.165, 1.54) is 0 Å². The maximum Gasteiger partial charge on any atom is 0.220 e. The van der Waals surface area contributed by atoms with Crippen LogP contribution < -0.4 is 5.73 Å². The van der Waals surface area contributed by atoms with Gasteiger partial charge in [-0.3, -0.25) is 4.79 Å². The van der Waals surface area contributed by atoms with Crippen molar-refractivity contribution < 1.29 is 4.79 Å². The summed E-state index contributed by atoms with van der Waals surface area (Å²) in [6, 6.07) is 5.60. The summed E-state index contributed by atoms with van der Waals surface area (Å²) in [5, 5.41) is 1.12. The molecule has 3 nitrogen and oxygen atoms in total. The molecule has 1 aromatic carbocycles. The highest BCUT2D eigenvalue weighted by Crippen LogP contribution is 2.23. The Bertz CT molecular complexity index is 423. The van der Waals surface area contributed by atoms with E-state index in [4.69, 9.17) is 28.9 Å². The van der Waals surface area contributed by atoms with E-state index in [9.17, 15) is 4.79 Å². The van der Waals surface area contributed by atoms with Crippen molar-refractivity contribution in [1.29, 1.82) is 0 Å². The fraction of sp³-hybridized carbons (Fsp3) is 0.462. The number of hydrogen-bond acceptors (Lipinski definition) is 2. The molecule has 0 fully saturated rings. The van der Waals surface area contributed by atoms with Crippen LogP contribution in [0.15, 0.2) is 18.2 Å². The number of nitrogens with two attached hydrogens (primary N) is 1. The number of nitrogens with zero attached hydrogens (tertiary/aromatic N) is 1. The first-order chi connectivity index (χ1) is 8.40. The highest BCUT2D eigenvalue weighted by molar-refractivity contribution is 6.42. The van der Waals surface area contributed by atoms with Gasteiger partial charge in [0.15, 0.2) is 0 Å². The van der Waals surface area contributed by atoms with Crippen molar-refractivity contribution in [3.05, 3.63) is 33.8 Å². The molecule has 18 heavy (non-hydrogen) atoms. The second-order valence-electron chi connectivity index (χ2n) is 4.58. The van der Waals surface area contributed by atoms with Crippen LogP contribution in [-0.4, -0.2) is 24.4 Å². The van der Waals surface area contributed by atoms with E-state index in [1.807, 2.05) is 26.1 Å². The summed E-state index contributed by atoms with van der Waals surface area (Å²) >= 11 is 11.8. The van der Waals surface area contributed by atoms with Crippen LogP contribution in [0.25, 0.3) is 0 Å². The highest BCUT2D eigenvalue weighted by atomic mass is 35.5. The molecular formula is C13H18Cl2N2O. The molecule has 0 radical (unpaired) electrons. The molecule has 1 unspecified atom stereocenters. The number of hydrogen-bond donors (Lipinski definition) is 1. The lowest BCUT2D eigenvalue weighted by atomic mass is 10.1. The van der Waals surface area contributed by atoms with Crippen LogP contribution in [0.4, 0.5) is 0 Å². The molecule has 0 heterocycles. The number of amides is 1. The topological polar surface area (TPSA) is 46.3 Å². The maximum absolute atomic E-state index is 10.9. The lowest BCUT2D eigenvalue weighted by Crippen LogP contribution is -2.26. The van der Waals surface area contributed by atoms with E-state index >= 15 is 0 Å². The van der Waals surface area contributed by atoms with Crippen molar-refractivity contribution in [3.63, 3.8) is 0 Å². The smallest absolute Gasteiger partial charge is 0.220 e. The summed E-state index contributed by atoms with van der Waals surface area (Å²) in [5.41, 5.74) is 6.32. The molecule has 2 N–H and O–H groups in total. The molecule has 1 atom stereocenters. The van der Waals surface area contributed by atoms with Gasteiger partial charge in [0.25, 0.3) is 0 Å². The van der Waals surface area contributed by atoms with Gasteiger partial charge in [0.2, 0.25) is 5.91 Å². The summed E-state index contributed by atoms with van der Waals surface area (Å²) < 4.78 is 0. The van der Waals surface area contributed by atoms with Gasteiger partial charge in [0.1, 0.15) is 0 Å². The van der Waals surface area contributed by atoms with E-state index in [2.05, 4.69) is 4.90 Å². The van der Waals surface area contributed by atoms with Crippen molar-refractivity contribution in [2.24, 2.45) is 11.7 Å². The number of primary amides is 1. The molecule has 0 aliphatic rings. The third-order valence-electron chi connectivity index (χ3n) is 2.87. The van der Waals surface area contributed by atoms with Crippen molar-refractivity contribution >= 4 is 29.1 Å². The quantitative estimate of drug-likeness (QED) is 0.875. The molecule has 0 aliphatic carbocycles. The molecule has 0 spiro atoms. The number of carbonyl (C=O) groups excluding carboxylic acids is 1. The summed E-state index contributed by atoms with van der Waals surface area (Å²) in [7, 11) is 2.00. The van der Waals surface area contributed by atoms with Crippen LogP contribution >= 0.6 is 23.2 Å².